The van der Waals surface area contributed by atoms with E-state index in [2.05, 4.69) is 31.3 Å². The van der Waals surface area contributed by atoms with Crippen LogP contribution in [0.25, 0.3) is 33.3 Å². The van der Waals surface area contributed by atoms with Crippen molar-refractivity contribution in [3.05, 3.63) is 96.1 Å². The zero-order chi connectivity index (χ0) is 22.1. The van der Waals surface area contributed by atoms with Gasteiger partial charge in [-0.1, -0.05) is 62.4 Å². The van der Waals surface area contributed by atoms with Gasteiger partial charge in [-0.25, -0.2) is 4.98 Å². The third-order valence-corrected chi connectivity index (χ3v) is 5.99. The summed E-state index contributed by atoms with van der Waals surface area (Å²) < 4.78 is 6.00. The molecule has 0 saturated heterocycles. The van der Waals surface area contributed by atoms with E-state index in [0.29, 0.717) is 23.1 Å². The number of nitrogens with zero attached hydrogens (tertiary/aromatic N) is 1. The summed E-state index contributed by atoms with van der Waals surface area (Å²) in [6.07, 6.45) is 1.08. The third kappa shape index (κ3) is 3.76. The Hall–Kier alpha value is -3.92. The van der Waals surface area contributed by atoms with Gasteiger partial charge in [0.25, 0.3) is 5.91 Å². The van der Waals surface area contributed by atoms with E-state index in [1.807, 2.05) is 72.8 Å². The molecule has 0 saturated carbocycles. The van der Waals surface area contributed by atoms with Crippen LogP contribution >= 0.6 is 0 Å². The Balaban J connectivity index is 1.44. The zero-order valence-corrected chi connectivity index (χ0v) is 18.1. The van der Waals surface area contributed by atoms with Crippen LogP contribution in [0.5, 0.6) is 0 Å². The van der Waals surface area contributed by atoms with Crippen molar-refractivity contribution >= 4 is 33.5 Å². The topological polar surface area (TPSA) is 55.1 Å². The highest BCUT2D eigenvalue weighted by atomic mass is 16.3. The van der Waals surface area contributed by atoms with Gasteiger partial charge >= 0.3 is 0 Å². The van der Waals surface area contributed by atoms with Crippen LogP contribution in [0, 0.1) is 0 Å². The van der Waals surface area contributed by atoms with Crippen LogP contribution in [0.1, 0.15) is 42.1 Å². The van der Waals surface area contributed by atoms with E-state index in [-0.39, 0.29) is 5.91 Å². The fourth-order valence-corrected chi connectivity index (χ4v) is 3.96. The maximum Gasteiger partial charge on any atom is 0.256 e. The first-order valence-corrected chi connectivity index (χ1v) is 10.9. The van der Waals surface area contributed by atoms with E-state index in [4.69, 9.17) is 9.40 Å². The predicted octanol–water partition coefficient (Wildman–Crippen LogP) is 7.41. The molecule has 5 rings (SSSR count). The molecule has 0 bridgehead atoms. The van der Waals surface area contributed by atoms with Crippen molar-refractivity contribution in [3.8, 4) is 11.5 Å². The van der Waals surface area contributed by atoms with E-state index in [1.165, 1.54) is 5.56 Å². The number of anilines is 1. The van der Waals surface area contributed by atoms with Gasteiger partial charge in [-0.15, -0.1) is 0 Å². The van der Waals surface area contributed by atoms with Crippen LogP contribution in [-0.2, 0) is 0 Å². The number of aromatic nitrogens is 1. The monoisotopic (exact) mass is 420 g/mol. The number of hydrogen-bond acceptors (Lipinski definition) is 3. The summed E-state index contributed by atoms with van der Waals surface area (Å²) in [5.74, 6) is 0.879. The lowest BCUT2D eigenvalue weighted by Crippen LogP contribution is -2.12. The van der Waals surface area contributed by atoms with Crippen molar-refractivity contribution in [3.63, 3.8) is 0 Å². The molecule has 0 radical (unpaired) electrons. The highest BCUT2D eigenvalue weighted by Crippen LogP contribution is 2.29. The molecular formula is C28H24N2O2. The van der Waals surface area contributed by atoms with Gasteiger partial charge in [0.1, 0.15) is 5.52 Å². The summed E-state index contributed by atoms with van der Waals surface area (Å²) in [7, 11) is 0. The van der Waals surface area contributed by atoms with E-state index in [1.54, 1.807) is 0 Å². The van der Waals surface area contributed by atoms with E-state index in [9.17, 15) is 4.79 Å². The van der Waals surface area contributed by atoms with Crippen LogP contribution < -0.4 is 5.32 Å². The minimum Gasteiger partial charge on any atom is -0.436 e. The summed E-state index contributed by atoms with van der Waals surface area (Å²) in [5.41, 5.74) is 5.04. The van der Waals surface area contributed by atoms with Gasteiger partial charge < -0.3 is 9.73 Å². The molecule has 1 amide bonds. The molecule has 32 heavy (non-hydrogen) atoms. The summed E-state index contributed by atoms with van der Waals surface area (Å²) >= 11 is 0. The Bertz CT molecular complexity index is 1430. The molecule has 0 aliphatic rings. The van der Waals surface area contributed by atoms with E-state index < -0.39 is 0 Å². The number of nitrogens with one attached hydrogen (secondary N) is 1. The molecule has 1 N–H and O–H groups in total. The van der Waals surface area contributed by atoms with Gasteiger partial charge in [-0.05, 0) is 65.1 Å². The number of amides is 1. The fraction of sp³-hybridized carbons (Fsp3) is 0.143. The SMILES string of the molecule is CC[C@@H](C)c1ccc2oc(-c3cccc(NC(=O)c4cccc5ccccc45)c3)nc2c1. The molecular weight excluding hydrogens is 396 g/mol. The lowest BCUT2D eigenvalue weighted by molar-refractivity contribution is 0.102. The van der Waals surface area contributed by atoms with Gasteiger partial charge in [0.15, 0.2) is 5.58 Å². The van der Waals surface area contributed by atoms with Crippen molar-refractivity contribution < 1.29 is 9.21 Å². The van der Waals surface area contributed by atoms with Crippen molar-refractivity contribution in [1.82, 2.24) is 4.98 Å². The van der Waals surface area contributed by atoms with Crippen LogP contribution in [0.3, 0.4) is 0 Å². The number of hydrogen-bond donors (Lipinski definition) is 1. The van der Waals surface area contributed by atoms with Gasteiger partial charge in [0.05, 0.1) is 0 Å². The molecule has 1 atom stereocenters. The van der Waals surface area contributed by atoms with Crippen LogP contribution in [0.4, 0.5) is 5.69 Å². The second-order valence-electron chi connectivity index (χ2n) is 8.12. The Morgan fingerprint density at radius 1 is 0.969 bits per heavy atom. The first-order valence-electron chi connectivity index (χ1n) is 10.9. The maximum atomic E-state index is 13.0. The fourth-order valence-electron chi connectivity index (χ4n) is 3.96. The standard InChI is InChI=1S/C28H24N2O2/c1-3-18(2)20-14-15-26-25(17-20)30-28(32-26)21-10-6-11-22(16-21)29-27(31)24-13-7-9-19-8-4-5-12-23(19)24/h4-18H,3H2,1-2H3,(H,29,31)/t18-/m1/s1. The molecule has 4 aromatic carbocycles. The first-order chi connectivity index (χ1) is 15.6. The second-order valence-corrected chi connectivity index (χ2v) is 8.12. The molecule has 4 nitrogen and oxygen atoms in total. The molecule has 0 spiro atoms. The summed E-state index contributed by atoms with van der Waals surface area (Å²) in [5, 5.41) is 4.99. The molecule has 158 valence electrons. The minimum absolute atomic E-state index is 0.144. The number of rotatable bonds is 5. The van der Waals surface area contributed by atoms with Gasteiger partial charge in [-0.3, -0.25) is 4.79 Å². The smallest absolute Gasteiger partial charge is 0.256 e. The molecule has 5 aromatic rings. The van der Waals surface area contributed by atoms with Gasteiger partial charge in [-0.2, -0.15) is 0 Å². The van der Waals surface area contributed by atoms with E-state index >= 15 is 0 Å². The number of carbonyl (C=O) groups is 1. The second kappa shape index (κ2) is 8.31. The molecule has 0 unspecified atom stereocenters. The molecule has 4 heteroatoms. The molecule has 0 fully saturated rings. The number of fused-ring (bicyclic) bond motifs is 2. The quantitative estimate of drug-likeness (QED) is 0.322. The number of carbonyl (C=O) groups excluding carboxylic acids is 1. The summed E-state index contributed by atoms with van der Waals surface area (Å²) in [6, 6.07) is 27.4. The van der Waals surface area contributed by atoms with E-state index in [0.717, 1.165) is 33.9 Å². The van der Waals surface area contributed by atoms with Crippen LogP contribution in [0.2, 0.25) is 0 Å². The van der Waals surface area contributed by atoms with Crippen LogP contribution in [0.15, 0.2) is 89.3 Å². The van der Waals surface area contributed by atoms with Crippen molar-refractivity contribution in [2.24, 2.45) is 0 Å². The van der Waals surface area contributed by atoms with Crippen molar-refractivity contribution in [2.45, 2.75) is 26.2 Å². The third-order valence-electron chi connectivity index (χ3n) is 5.99. The lowest BCUT2D eigenvalue weighted by Gasteiger charge is -2.09. The van der Waals surface area contributed by atoms with Crippen molar-refractivity contribution in [1.29, 1.82) is 0 Å². The molecule has 0 aliphatic heterocycles. The maximum absolute atomic E-state index is 13.0. The Labute approximate surface area is 186 Å². The normalized spacial score (nSPS) is 12.2. The Kier molecular flexibility index (Phi) is 5.20. The molecule has 1 aromatic heterocycles. The Morgan fingerprint density at radius 3 is 2.66 bits per heavy atom. The summed E-state index contributed by atoms with van der Waals surface area (Å²) in [4.78, 5) is 17.7. The molecule has 0 aliphatic carbocycles. The van der Waals surface area contributed by atoms with Crippen molar-refractivity contribution in [2.75, 3.05) is 5.32 Å². The van der Waals surface area contributed by atoms with Gasteiger partial charge in [0, 0.05) is 16.8 Å². The van der Waals surface area contributed by atoms with Crippen LogP contribution in [-0.4, -0.2) is 10.9 Å². The largest absolute Gasteiger partial charge is 0.436 e. The lowest BCUT2D eigenvalue weighted by atomic mass is 9.98. The average Bonchev–Trinajstić information content (AvgIpc) is 3.27. The first kappa shape index (κ1) is 20.0. The average molecular weight is 421 g/mol. The number of benzene rings is 4. The minimum atomic E-state index is -0.144. The molecule has 1 heterocycles. The summed E-state index contributed by atoms with van der Waals surface area (Å²) in [6.45, 7) is 4.39. The predicted molar refractivity (Wildman–Crippen MR) is 130 cm³/mol. The highest BCUT2D eigenvalue weighted by molar-refractivity contribution is 6.13. The highest BCUT2D eigenvalue weighted by Gasteiger charge is 2.13. The zero-order valence-electron chi connectivity index (χ0n) is 18.1. The number of oxazole rings is 1. The Morgan fingerprint density at radius 2 is 1.78 bits per heavy atom. The van der Waals surface area contributed by atoms with Gasteiger partial charge in [0.2, 0.25) is 5.89 Å².